The first-order valence-electron chi connectivity index (χ1n) is 3.24. The van der Waals surface area contributed by atoms with Crippen molar-refractivity contribution in [3.05, 3.63) is 0 Å². The van der Waals surface area contributed by atoms with Crippen LogP contribution in [-0.4, -0.2) is 46.0 Å². The second-order valence-corrected chi connectivity index (χ2v) is 1.76. The first-order valence-corrected chi connectivity index (χ1v) is 3.24. The molecule has 0 unspecified atom stereocenters. The molecule has 0 atom stereocenters. The third-order valence-electron chi connectivity index (χ3n) is 0.516. The summed E-state index contributed by atoms with van der Waals surface area (Å²) in [5.74, 6) is -12.4. The Morgan fingerprint density at radius 3 is 0.600 bits per heavy atom. The van der Waals surface area contributed by atoms with Crippen molar-refractivity contribution in [2.45, 2.75) is 0 Å². The Kier molecular flexibility index (Phi) is 25.9. The van der Waals surface area contributed by atoms with Crippen molar-refractivity contribution in [3.8, 4) is 0 Å². The van der Waals surface area contributed by atoms with Gasteiger partial charge in [0.25, 0.3) is 0 Å². The summed E-state index contributed by atoms with van der Waals surface area (Å²) in [6.07, 6.45) is 0. The summed E-state index contributed by atoms with van der Waals surface area (Å²) in [4.78, 5) is 53.9. The molecular weight excluding hydrogens is 376 g/mol. The Morgan fingerprint density at radius 1 is 0.500 bits per heavy atom. The molecule has 20 heavy (non-hydrogen) atoms. The molecule has 0 heterocycles. The van der Waals surface area contributed by atoms with Crippen LogP contribution in [0.5, 0.6) is 0 Å². The normalized spacial score (nSPS) is 6.60. The van der Waals surface area contributed by atoms with Crippen LogP contribution in [0.25, 0.3) is 0 Å². The average Bonchev–Trinajstić information content (AvgIpc) is 2.18. The summed E-state index contributed by atoms with van der Waals surface area (Å²) in [7, 11) is 0. The molecule has 0 saturated heterocycles. The number of hydrogen-bond donors (Lipinski definition) is 2. The van der Waals surface area contributed by atoms with E-state index in [9.17, 15) is 0 Å². The van der Waals surface area contributed by atoms with E-state index in [2.05, 4.69) is 0 Å². The Hall–Kier alpha value is -2.14. The van der Waals surface area contributed by atoms with E-state index in [1.807, 2.05) is 0 Å². The fourth-order valence-corrected chi connectivity index (χ4v) is 0. The molecular formula is C6H2Fe2O12. The van der Waals surface area contributed by atoms with E-state index in [1.165, 1.54) is 0 Å². The van der Waals surface area contributed by atoms with Gasteiger partial charge in [-0.15, -0.1) is 0 Å². The summed E-state index contributed by atoms with van der Waals surface area (Å²) in [6, 6.07) is 0. The van der Waals surface area contributed by atoms with E-state index in [1.54, 1.807) is 0 Å². The van der Waals surface area contributed by atoms with Gasteiger partial charge >= 0.3 is 46.1 Å². The van der Waals surface area contributed by atoms with Crippen molar-refractivity contribution in [1.82, 2.24) is 0 Å². The second kappa shape index (κ2) is 16.9. The molecule has 0 radical (unpaired) electrons. The SMILES string of the molecule is O=C(O)C(=O)O.O=C([O-])C(=O)[O-].O=C([O-])C(=O)[O-].[Fe+2].[Fe+2]. The number of aliphatic carboxylic acids is 6. The van der Waals surface area contributed by atoms with Crippen LogP contribution in [0, 0.1) is 0 Å². The van der Waals surface area contributed by atoms with E-state index in [0.717, 1.165) is 0 Å². The van der Waals surface area contributed by atoms with Gasteiger partial charge < -0.3 is 49.8 Å². The average molecular weight is 378 g/mol. The summed E-state index contributed by atoms with van der Waals surface area (Å²) in [6.45, 7) is 0. The van der Waals surface area contributed by atoms with Gasteiger partial charge in [0, 0.05) is 0 Å². The molecule has 0 saturated carbocycles. The summed E-state index contributed by atoms with van der Waals surface area (Å²) < 4.78 is 0. The van der Waals surface area contributed by atoms with Gasteiger partial charge in [0.15, 0.2) is 0 Å². The zero-order valence-electron chi connectivity index (χ0n) is 8.68. The molecule has 0 aromatic rings. The smallest absolute Gasteiger partial charge is 0.543 e. The van der Waals surface area contributed by atoms with Gasteiger partial charge in [-0.1, -0.05) is 0 Å². The molecule has 12 nitrogen and oxygen atoms in total. The first kappa shape index (κ1) is 30.7. The quantitative estimate of drug-likeness (QED) is 0.295. The zero-order valence-corrected chi connectivity index (χ0v) is 10.9. The monoisotopic (exact) mass is 378 g/mol. The fraction of sp³-hybridized carbons (Fsp3) is 0. The van der Waals surface area contributed by atoms with Crippen molar-refractivity contribution in [2.75, 3.05) is 0 Å². The molecule has 0 aromatic carbocycles. The molecule has 0 rings (SSSR count). The Bertz CT molecular complexity index is 281. The summed E-state index contributed by atoms with van der Waals surface area (Å²) in [5.41, 5.74) is 0. The molecule has 14 heteroatoms. The van der Waals surface area contributed by atoms with Crippen LogP contribution in [0.3, 0.4) is 0 Å². The Labute approximate surface area is 130 Å². The van der Waals surface area contributed by atoms with Crippen molar-refractivity contribution in [1.29, 1.82) is 0 Å². The van der Waals surface area contributed by atoms with Gasteiger partial charge in [0.05, 0.1) is 23.9 Å². The number of carboxylic acid groups (broad SMARTS) is 6. The molecule has 0 amide bonds. The van der Waals surface area contributed by atoms with E-state index < -0.39 is 35.8 Å². The maximum Gasteiger partial charge on any atom is 2.00 e. The van der Waals surface area contributed by atoms with Gasteiger partial charge in [0.2, 0.25) is 0 Å². The predicted octanol–water partition coefficient (Wildman–Crippen LogP) is -7.88. The standard InChI is InChI=1S/3C2H2O4.2Fe/c3*3-1(4)2(5)6;;/h3*(H,3,4)(H,5,6);;/q;;;2*+2/p-4. The third kappa shape index (κ3) is 36.0. The van der Waals surface area contributed by atoms with Gasteiger partial charge in [0.1, 0.15) is 0 Å². The molecule has 0 fully saturated rings. The Morgan fingerprint density at radius 2 is 0.600 bits per heavy atom. The van der Waals surface area contributed by atoms with Gasteiger partial charge in [-0.25, -0.2) is 9.59 Å². The van der Waals surface area contributed by atoms with E-state index in [0.29, 0.717) is 0 Å². The second-order valence-electron chi connectivity index (χ2n) is 1.76. The number of rotatable bonds is 0. The van der Waals surface area contributed by atoms with Crippen LogP contribution in [0.15, 0.2) is 0 Å². The minimum Gasteiger partial charge on any atom is -0.543 e. The topological polar surface area (TPSA) is 235 Å². The maximum absolute atomic E-state index is 9.10. The van der Waals surface area contributed by atoms with Crippen LogP contribution in [0.4, 0.5) is 0 Å². The molecule has 0 aliphatic carbocycles. The predicted molar refractivity (Wildman–Crippen MR) is 35.3 cm³/mol. The molecule has 0 aliphatic rings. The van der Waals surface area contributed by atoms with Gasteiger partial charge in [-0.2, -0.15) is 0 Å². The molecule has 0 aliphatic heterocycles. The van der Waals surface area contributed by atoms with E-state index >= 15 is 0 Å². The zero-order chi connectivity index (χ0) is 15.5. The molecule has 114 valence electrons. The fourth-order valence-electron chi connectivity index (χ4n) is 0. The number of carboxylic acids is 6. The molecule has 2 N–H and O–H groups in total. The molecule has 0 aromatic heterocycles. The third-order valence-corrected chi connectivity index (χ3v) is 0.516. The van der Waals surface area contributed by atoms with Gasteiger partial charge in [-0.3, -0.25) is 0 Å². The van der Waals surface area contributed by atoms with Crippen molar-refractivity contribution in [3.63, 3.8) is 0 Å². The van der Waals surface area contributed by atoms with E-state index in [4.69, 9.17) is 59.4 Å². The minimum atomic E-state index is -2.19. The van der Waals surface area contributed by atoms with Crippen LogP contribution in [0.1, 0.15) is 0 Å². The number of hydrogen-bond acceptors (Lipinski definition) is 10. The first-order chi connectivity index (χ1) is 7.93. The van der Waals surface area contributed by atoms with E-state index in [-0.39, 0.29) is 34.1 Å². The van der Waals surface area contributed by atoms with Crippen molar-refractivity contribution in [2.24, 2.45) is 0 Å². The maximum atomic E-state index is 9.10. The van der Waals surface area contributed by atoms with Crippen LogP contribution >= 0.6 is 0 Å². The number of carbonyl (C=O) groups is 6. The van der Waals surface area contributed by atoms with Crippen LogP contribution in [-0.2, 0) is 62.9 Å². The molecule has 0 spiro atoms. The van der Waals surface area contributed by atoms with Crippen LogP contribution in [0.2, 0.25) is 0 Å². The number of carbonyl (C=O) groups excluding carboxylic acids is 4. The Balaban J connectivity index is -0.0000000536. The molecule has 0 bridgehead atoms. The largest absolute Gasteiger partial charge is 2.00 e. The van der Waals surface area contributed by atoms with Gasteiger partial charge in [-0.05, 0) is 0 Å². The summed E-state index contributed by atoms with van der Waals surface area (Å²) in [5, 5.41) is 50.5. The van der Waals surface area contributed by atoms with Crippen molar-refractivity contribution >= 4 is 35.8 Å². The minimum absolute atomic E-state index is 0. The summed E-state index contributed by atoms with van der Waals surface area (Å²) >= 11 is 0. The van der Waals surface area contributed by atoms with Crippen LogP contribution < -0.4 is 20.4 Å². The van der Waals surface area contributed by atoms with Crippen molar-refractivity contribution < 1.29 is 93.5 Å².